The van der Waals surface area contributed by atoms with Gasteiger partial charge in [0.2, 0.25) is 0 Å². The van der Waals surface area contributed by atoms with Gasteiger partial charge in [0, 0.05) is 6.42 Å². The van der Waals surface area contributed by atoms with Crippen LogP contribution in [0.1, 0.15) is 18.3 Å². The average molecular weight is 294 g/mol. The molecule has 112 valence electrons. The predicted molar refractivity (Wildman–Crippen MR) is 85.3 cm³/mol. The van der Waals surface area contributed by atoms with Gasteiger partial charge in [0.05, 0.1) is 11.0 Å². The van der Waals surface area contributed by atoms with E-state index in [0.29, 0.717) is 6.61 Å². The molecule has 0 fully saturated rings. The Kier molecular flexibility index (Phi) is 4.19. The van der Waals surface area contributed by atoms with Gasteiger partial charge in [-0.1, -0.05) is 49.4 Å². The van der Waals surface area contributed by atoms with Gasteiger partial charge >= 0.3 is 5.97 Å². The number of para-hydroxylation sites is 2. The number of carbonyl (C=O) groups excluding carboxylic acids is 1. The number of esters is 1. The van der Waals surface area contributed by atoms with Crippen molar-refractivity contribution in [2.45, 2.75) is 26.5 Å². The highest BCUT2D eigenvalue weighted by molar-refractivity contribution is 5.78. The number of fused-ring (bicyclic) bond motifs is 1. The molecule has 1 heterocycles. The molecule has 0 amide bonds. The van der Waals surface area contributed by atoms with E-state index in [1.54, 1.807) is 0 Å². The molecule has 0 aliphatic rings. The fourth-order valence-corrected chi connectivity index (χ4v) is 2.48. The van der Waals surface area contributed by atoms with Crippen LogP contribution >= 0.6 is 0 Å². The van der Waals surface area contributed by atoms with Gasteiger partial charge in [0.1, 0.15) is 19.0 Å². The maximum absolute atomic E-state index is 12.1. The first-order chi connectivity index (χ1) is 10.8. The lowest BCUT2D eigenvalue weighted by Crippen LogP contribution is -2.15. The molecule has 2 aromatic carbocycles. The number of imidazole rings is 1. The summed E-state index contributed by atoms with van der Waals surface area (Å²) < 4.78 is 7.30. The second-order valence-electron chi connectivity index (χ2n) is 5.10. The number of aromatic nitrogens is 2. The van der Waals surface area contributed by atoms with Crippen LogP contribution in [0.5, 0.6) is 0 Å². The van der Waals surface area contributed by atoms with Crippen LogP contribution < -0.4 is 0 Å². The standard InChI is InChI=1S/C18H18N2O2/c1-2-17-19-15-10-6-7-11-16(15)20(17)12-18(21)22-13-14-8-4-3-5-9-14/h3-11H,2,12-13H2,1H3. The number of nitrogens with zero attached hydrogens (tertiary/aromatic N) is 2. The zero-order valence-corrected chi connectivity index (χ0v) is 12.5. The molecular formula is C18H18N2O2. The molecule has 0 bridgehead atoms. The number of rotatable bonds is 5. The van der Waals surface area contributed by atoms with Crippen LogP contribution in [-0.4, -0.2) is 15.5 Å². The quantitative estimate of drug-likeness (QED) is 0.678. The Morgan fingerprint density at radius 3 is 2.59 bits per heavy atom. The van der Waals surface area contributed by atoms with Gasteiger partial charge in [-0.3, -0.25) is 4.79 Å². The summed E-state index contributed by atoms with van der Waals surface area (Å²) in [5.74, 6) is 0.652. The summed E-state index contributed by atoms with van der Waals surface area (Å²) in [6.45, 7) is 2.53. The van der Waals surface area contributed by atoms with Crippen molar-refractivity contribution in [1.82, 2.24) is 9.55 Å². The smallest absolute Gasteiger partial charge is 0.326 e. The predicted octanol–water partition coefficient (Wildman–Crippen LogP) is 3.34. The average Bonchev–Trinajstić information content (AvgIpc) is 2.92. The molecule has 1 aromatic heterocycles. The maximum atomic E-state index is 12.1. The van der Waals surface area contributed by atoms with E-state index in [2.05, 4.69) is 4.98 Å². The van der Waals surface area contributed by atoms with Gasteiger partial charge in [-0.15, -0.1) is 0 Å². The van der Waals surface area contributed by atoms with Crippen LogP contribution in [0.25, 0.3) is 11.0 Å². The molecule has 22 heavy (non-hydrogen) atoms. The number of benzene rings is 2. The Labute approximate surface area is 129 Å². The summed E-state index contributed by atoms with van der Waals surface area (Å²) >= 11 is 0. The molecule has 0 radical (unpaired) electrons. The van der Waals surface area contributed by atoms with E-state index < -0.39 is 0 Å². The third-order valence-electron chi connectivity index (χ3n) is 3.58. The van der Waals surface area contributed by atoms with Crippen molar-refractivity contribution in [1.29, 1.82) is 0 Å². The van der Waals surface area contributed by atoms with Crippen LogP contribution in [0.3, 0.4) is 0 Å². The normalized spacial score (nSPS) is 10.8. The first-order valence-corrected chi connectivity index (χ1v) is 7.41. The number of hydrogen-bond acceptors (Lipinski definition) is 3. The van der Waals surface area contributed by atoms with E-state index >= 15 is 0 Å². The minimum atomic E-state index is -0.248. The third kappa shape index (κ3) is 3.01. The molecule has 0 N–H and O–H groups in total. The Morgan fingerprint density at radius 2 is 1.82 bits per heavy atom. The molecule has 0 saturated carbocycles. The summed E-state index contributed by atoms with van der Waals surface area (Å²) in [6, 6.07) is 17.5. The number of ether oxygens (including phenoxy) is 1. The number of hydrogen-bond donors (Lipinski definition) is 0. The van der Waals surface area contributed by atoms with Crippen molar-refractivity contribution in [2.75, 3.05) is 0 Å². The molecule has 0 saturated heterocycles. The van der Waals surface area contributed by atoms with Gasteiger partial charge in [-0.25, -0.2) is 4.98 Å². The molecule has 3 aromatic rings. The van der Waals surface area contributed by atoms with Crippen molar-refractivity contribution >= 4 is 17.0 Å². The van der Waals surface area contributed by atoms with E-state index in [-0.39, 0.29) is 12.5 Å². The lowest BCUT2D eigenvalue weighted by molar-refractivity contribution is -0.145. The number of carbonyl (C=O) groups is 1. The molecule has 0 aliphatic carbocycles. The minimum absolute atomic E-state index is 0.191. The minimum Gasteiger partial charge on any atom is -0.459 e. The summed E-state index contributed by atoms with van der Waals surface area (Å²) in [4.78, 5) is 16.7. The molecule has 0 unspecified atom stereocenters. The Balaban J connectivity index is 1.73. The molecule has 0 spiro atoms. The zero-order chi connectivity index (χ0) is 15.4. The molecule has 3 rings (SSSR count). The van der Waals surface area contributed by atoms with Crippen LogP contribution in [0.15, 0.2) is 54.6 Å². The Hall–Kier alpha value is -2.62. The van der Waals surface area contributed by atoms with E-state index in [9.17, 15) is 4.79 Å². The van der Waals surface area contributed by atoms with Crippen molar-refractivity contribution in [2.24, 2.45) is 0 Å². The zero-order valence-electron chi connectivity index (χ0n) is 12.5. The molecule has 4 nitrogen and oxygen atoms in total. The van der Waals surface area contributed by atoms with Crippen LogP contribution in [0.4, 0.5) is 0 Å². The van der Waals surface area contributed by atoms with Gasteiger partial charge < -0.3 is 9.30 Å². The second kappa shape index (κ2) is 6.43. The maximum Gasteiger partial charge on any atom is 0.326 e. The lowest BCUT2D eigenvalue weighted by Gasteiger charge is -2.08. The highest BCUT2D eigenvalue weighted by Crippen LogP contribution is 2.16. The highest BCUT2D eigenvalue weighted by atomic mass is 16.5. The first-order valence-electron chi connectivity index (χ1n) is 7.41. The number of aryl methyl sites for hydroxylation is 1. The Morgan fingerprint density at radius 1 is 1.09 bits per heavy atom. The van der Waals surface area contributed by atoms with Crippen LogP contribution in [-0.2, 0) is 29.1 Å². The SMILES string of the molecule is CCc1nc2ccccc2n1CC(=O)OCc1ccccc1. The summed E-state index contributed by atoms with van der Waals surface area (Å²) in [5.41, 5.74) is 2.87. The third-order valence-corrected chi connectivity index (χ3v) is 3.58. The van der Waals surface area contributed by atoms with E-state index in [1.807, 2.05) is 66.1 Å². The van der Waals surface area contributed by atoms with E-state index in [1.165, 1.54) is 0 Å². The lowest BCUT2D eigenvalue weighted by atomic mass is 10.2. The molecular weight excluding hydrogens is 276 g/mol. The fourth-order valence-electron chi connectivity index (χ4n) is 2.48. The summed E-state index contributed by atoms with van der Waals surface area (Å²) in [6.07, 6.45) is 0.778. The van der Waals surface area contributed by atoms with Crippen molar-refractivity contribution in [3.63, 3.8) is 0 Å². The fraction of sp³-hybridized carbons (Fsp3) is 0.222. The van der Waals surface area contributed by atoms with Gasteiger partial charge in [-0.2, -0.15) is 0 Å². The topological polar surface area (TPSA) is 44.1 Å². The van der Waals surface area contributed by atoms with Crippen molar-refractivity contribution in [3.8, 4) is 0 Å². The van der Waals surface area contributed by atoms with E-state index in [4.69, 9.17) is 4.74 Å². The Bertz CT molecular complexity index is 778. The summed E-state index contributed by atoms with van der Waals surface area (Å²) in [5, 5.41) is 0. The van der Waals surface area contributed by atoms with Gasteiger partial charge in [0.15, 0.2) is 0 Å². The molecule has 0 aliphatic heterocycles. The second-order valence-corrected chi connectivity index (χ2v) is 5.10. The van der Waals surface area contributed by atoms with Crippen molar-refractivity contribution in [3.05, 3.63) is 66.0 Å². The van der Waals surface area contributed by atoms with Gasteiger partial charge in [0.25, 0.3) is 0 Å². The monoisotopic (exact) mass is 294 g/mol. The van der Waals surface area contributed by atoms with Crippen LogP contribution in [0.2, 0.25) is 0 Å². The van der Waals surface area contributed by atoms with Crippen LogP contribution in [0, 0.1) is 0 Å². The first kappa shape index (κ1) is 14.3. The summed E-state index contributed by atoms with van der Waals surface area (Å²) in [7, 11) is 0. The highest BCUT2D eigenvalue weighted by Gasteiger charge is 2.13. The molecule has 0 atom stereocenters. The van der Waals surface area contributed by atoms with Gasteiger partial charge in [-0.05, 0) is 17.7 Å². The molecule has 4 heteroatoms. The largest absolute Gasteiger partial charge is 0.459 e. The van der Waals surface area contributed by atoms with Crippen molar-refractivity contribution < 1.29 is 9.53 Å². The van der Waals surface area contributed by atoms with E-state index in [0.717, 1.165) is 28.8 Å².